The van der Waals surface area contributed by atoms with Crippen molar-refractivity contribution in [2.24, 2.45) is 4.99 Å². The summed E-state index contributed by atoms with van der Waals surface area (Å²) in [5.74, 6) is 1.87. The second-order valence-electron chi connectivity index (χ2n) is 11.0. The van der Waals surface area contributed by atoms with E-state index in [4.69, 9.17) is 19.2 Å². The van der Waals surface area contributed by atoms with E-state index in [-0.39, 0.29) is 18.2 Å². The molecule has 46 heavy (non-hydrogen) atoms. The van der Waals surface area contributed by atoms with Crippen LogP contribution in [0.1, 0.15) is 45.8 Å². The van der Waals surface area contributed by atoms with Crippen LogP contribution in [0, 0.1) is 14.9 Å². The minimum atomic E-state index is -0.293. The third kappa shape index (κ3) is 5.42. The number of methoxy groups -OCH3 is 2. The van der Waals surface area contributed by atoms with E-state index in [1.807, 2.05) is 65.2 Å². The lowest BCUT2D eigenvalue weighted by molar-refractivity contribution is 0.282. The van der Waals surface area contributed by atoms with E-state index in [1.54, 1.807) is 20.3 Å². The summed E-state index contributed by atoms with van der Waals surface area (Å²) in [5, 5.41) is 9.46. The minimum absolute atomic E-state index is 0.0932. The summed E-state index contributed by atoms with van der Waals surface area (Å²) in [7, 11) is 3.25. The third-order valence-corrected chi connectivity index (χ3v) is 10.1. The van der Waals surface area contributed by atoms with Crippen molar-refractivity contribution in [1.82, 2.24) is 4.57 Å². The first-order valence-electron chi connectivity index (χ1n) is 14.7. The summed E-state index contributed by atoms with van der Waals surface area (Å²) < 4.78 is 20.7. The Morgan fingerprint density at radius 1 is 1.02 bits per heavy atom. The molecule has 2 heterocycles. The molecule has 0 N–H and O–H groups in total. The lowest BCUT2D eigenvalue weighted by Crippen LogP contribution is -2.38. The minimum Gasteiger partial charge on any atom is -0.497 e. The van der Waals surface area contributed by atoms with E-state index in [2.05, 4.69) is 52.9 Å². The molecule has 7 nitrogen and oxygen atoms in total. The van der Waals surface area contributed by atoms with Gasteiger partial charge in [-0.15, -0.1) is 0 Å². The number of aryl methyl sites for hydroxylation is 1. The number of fused-ring (bicyclic) bond motifs is 3. The highest BCUT2D eigenvalue weighted by atomic mass is 127. The number of aromatic nitrogens is 1. The van der Waals surface area contributed by atoms with Gasteiger partial charge >= 0.3 is 0 Å². The van der Waals surface area contributed by atoms with Crippen molar-refractivity contribution in [3.8, 4) is 23.3 Å². The number of thiazole rings is 1. The Morgan fingerprint density at radius 2 is 1.85 bits per heavy atom. The van der Waals surface area contributed by atoms with Gasteiger partial charge in [-0.3, -0.25) is 9.36 Å². The van der Waals surface area contributed by atoms with Crippen LogP contribution in [-0.4, -0.2) is 18.8 Å². The van der Waals surface area contributed by atoms with Crippen LogP contribution in [0.4, 0.5) is 0 Å². The van der Waals surface area contributed by atoms with E-state index in [1.165, 1.54) is 16.9 Å². The molecule has 5 aromatic rings. The highest BCUT2D eigenvalue weighted by molar-refractivity contribution is 14.1. The standard InChI is InChI=1S/C37H28IN3O4S/c1-43-27-12-7-11-24(19-27)34-29-15-14-23-8-5-6-13-28(23)33(29)40-37-41(34)36(42)32(46-37)18-22-16-30(38)35(31(17-22)44-2)45-21-26-10-4-3-9-25(26)20-39/h3-13,16-19,34H,14-15,21H2,1-2H3/b32-18+/t34-/m0/s1. The summed E-state index contributed by atoms with van der Waals surface area (Å²) in [4.78, 5) is 20.0. The van der Waals surface area contributed by atoms with Crippen molar-refractivity contribution in [3.05, 3.63) is 147 Å². The molecule has 0 spiro atoms. The zero-order valence-electron chi connectivity index (χ0n) is 25.1. The van der Waals surface area contributed by atoms with Gasteiger partial charge < -0.3 is 14.2 Å². The van der Waals surface area contributed by atoms with Crippen molar-refractivity contribution in [3.63, 3.8) is 0 Å². The highest BCUT2D eigenvalue weighted by Gasteiger charge is 2.32. The molecule has 0 radical (unpaired) electrons. The summed E-state index contributed by atoms with van der Waals surface area (Å²) in [5.41, 5.74) is 7.57. The van der Waals surface area contributed by atoms with Crippen molar-refractivity contribution < 1.29 is 14.2 Å². The Morgan fingerprint density at radius 3 is 2.67 bits per heavy atom. The van der Waals surface area contributed by atoms with Crippen molar-refractivity contribution in [2.75, 3.05) is 14.2 Å². The van der Waals surface area contributed by atoms with Gasteiger partial charge in [0.15, 0.2) is 16.3 Å². The van der Waals surface area contributed by atoms with Gasteiger partial charge in [0.2, 0.25) is 0 Å². The maximum Gasteiger partial charge on any atom is 0.271 e. The van der Waals surface area contributed by atoms with Gasteiger partial charge in [-0.05, 0) is 94.1 Å². The first-order valence-corrected chi connectivity index (χ1v) is 16.6. The van der Waals surface area contributed by atoms with Crippen LogP contribution >= 0.6 is 33.9 Å². The van der Waals surface area contributed by atoms with Gasteiger partial charge in [0.05, 0.1) is 45.7 Å². The zero-order valence-corrected chi connectivity index (χ0v) is 28.1. The molecule has 228 valence electrons. The summed E-state index contributed by atoms with van der Waals surface area (Å²) in [6, 6.07) is 29.5. The number of allylic oxidation sites excluding steroid dienone is 1. The Labute approximate surface area is 283 Å². The quantitative estimate of drug-likeness (QED) is 0.181. The number of halogens is 1. The molecule has 1 aromatic heterocycles. The molecule has 1 aliphatic heterocycles. The van der Waals surface area contributed by atoms with Gasteiger partial charge in [-0.2, -0.15) is 5.26 Å². The first-order chi connectivity index (χ1) is 22.5. The fourth-order valence-corrected chi connectivity index (χ4v) is 7.94. The third-order valence-electron chi connectivity index (χ3n) is 8.34. The lowest BCUT2D eigenvalue weighted by atomic mass is 9.83. The average Bonchev–Trinajstić information content (AvgIpc) is 3.40. The van der Waals surface area contributed by atoms with Crippen LogP contribution in [0.25, 0.3) is 11.8 Å². The normalized spacial score (nSPS) is 15.3. The van der Waals surface area contributed by atoms with E-state index in [0.29, 0.717) is 26.4 Å². The smallest absolute Gasteiger partial charge is 0.271 e. The summed E-state index contributed by atoms with van der Waals surface area (Å²) in [6.07, 6.45) is 3.60. The molecule has 0 bridgehead atoms. The Bertz CT molecular complexity index is 2260. The summed E-state index contributed by atoms with van der Waals surface area (Å²) >= 11 is 3.61. The van der Waals surface area contributed by atoms with Crippen LogP contribution in [0.15, 0.2) is 100 Å². The Hall–Kier alpha value is -4.66. The molecule has 1 atom stereocenters. The zero-order chi connectivity index (χ0) is 31.8. The molecule has 0 saturated carbocycles. The molecular formula is C37H28IN3O4S. The Kier molecular flexibility index (Phi) is 8.23. The number of hydrogen-bond donors (Lipinski definition) is 0. The molecule has 0 unspecified atom stereocenters. The van der Waals surface area contributed by atoms with Crippen molar-refractivity contribution in [2.45, 2.75) is 25.5 Å². The first kappa shape index (κ1) is 30.0. The van der Waals surface area contributed by atoms with Crippen molar-refractivity contribution >= 4 is 45.7 Å². The number of benzene rings is 4. The largest absolute Gasteiger partial charge is 0.497 e. The van der Waals surface area contributed by atoms with E-state index in [9.17, 15) is 10.1 Å². The molecule has 1 aliphatic carbocycles. The Balaban J connectivity index is 1.33. The van der Waals surface area contributed by atoms with Crippen LogP contribution in [-0.2, 0) is 13.0 Å². The van der Waals surface area contributed by atoms with Gasteiger partial charge in [-0.1, -0.05) is 65.9 Å². The number of nitriles is 1. The van der Waals surface area contributed by atoms with E-state index >= 15 is 0 Å². The lowest BCUT2D eigenvalue weighted by Gasteiger charge is -2.31. The van der Waals surface area contributed by atoms with E-state index in [0.717, 1.165) is 55.7 Å². The molecule has 0 amide bonds. The molecule has 0 fully saturated rings. The average molecular weight is 738 g/mol. The van der Waals surface area contributed by atoms with Crippen molar-refractivity contribution in [1.29, 1.82) is 5.26 Å². The molecule has 2 aliphatic rings. The van der Waals surface area contributed by atoms with Gasteiger partial charge in [0, 0.05) is 11.1 Å². The molecule has 4 aromatic carbocycles. The fourth-order valence-electron chi connectivity index (χ4n) is 6.15. The maximum atomic E-state index is 14.2. The monoisotopic (exact) mass is 737 g/mol. The van der Waals surface area contributed by atoms with Gasteiger partial charge in [0.1, 0.15) is 12.4 Å². The van der Waals surface area contributed by atoms with E-state index < -0.39 is 0 Å². The molecular weight excluding hydrogens is 709 g/mol. The SMILES string of the molecule is COc1cccc([C@H]2C3=C(N=c4s/c(=C/c5cc(I)c(OCc6ccccc6C#N)c(OC)c5)c(=O)n42)c2ccccc2CC3)c1. The topological polar surface area (TPSA) is 85.8 Å². The number of ether oxygens (including phenoxy) is 3. The van der Waals surface area contributed by atoms with Crippen LogP contribution < -0.4 is 29.1 Å². The predicted octanol–water partition coefficient (Wildman–Crippen LogP) is 6.39. The molecule has 9 heteroatoms. The maximum absolute atomic E-state index is 14.2. The second kappa shape index (κ2) is 12.6. The van der Waals surface area contributed by atoms with Crippen LogP contribution in [0.5, 0.6) is 17.2 Å². The van der Waals surface area contributed by atoms with Crippen LogP contribution in [0.3, 0.4) is 0 Å². The van der Waals surface area contributed by atoms with Crippen LogP contribution in [0.2, 0.25) is 0 Å². The number of rotatable bonds is 7. The summed E-state index contributed by atoms with van der Waals surface area (Å²) in [6.45, 7) is 0.228. The molecule has 7 rings (SSSR count). The molecule has 0 saturated heterocycles. The van der Waals surface area contributed by atoms with Gasteiger partial charge in [0.25, 0.3) is 5.56 Å². The number of nitrogens with zero attached hydrogens (tertiary/aromatic N) is 3. The predicted molar refractivity (Wildman–Crippen MR) is 187 cm³/mol. The highest BCUT2D eigenvalue weighted by Crippen LogP contribution is 2.42. The number of hydrogen-bond acceptors (Lipinski definition) is 7. The van der Waals surface area contributed by atoms with Gasteiger partial charge in [-0.25, -0.2) is 4.99 Å². The fraction of sp³-hybridized carbons (Fsp3) is 0.162. The second-order valence-corrected chi connectivity index (χ2v) is 13.2.